The van der Waals surface area contributed by atoms with E-state index < -0.39 is 22.1 Å². The van der Waals surface area contributed by atoms with Crippen molar-refractivity contribution in [2.75, 3.05) is 17.2 Å². The molecule has 2 aromatic rings. The van der Waals surface area contributed by atoms with Crippen LogP contribution in [-0.4, -0.2) is 11.5 Å². The smallest absolute Gasteiger partial charge is 0.295 e. The van der Waals surface area contributed by atoms with Crippen LogP contribution in [0.5, 0.6) is 0 Å². The molecule has 0 bridgehead atoms. The molecule has 0 atom stereocenters. The summed E-state index contributed by atoms with van der Waals surface area (Å²) in [5.41, 5.74) is 6.57. The number of nitrogen functional groups attached to an aromatic ring is 1. The number of nitro groups is 1. The van der Waals surface area contributed by atoms with Gasteiger partial charge in [0.2, 0.25) is 0 Å². The standard InChI is InChI=1S/C15H13F2N3O2/c16-11-2-1-9-5-6-19(8-10(9)7-11)12-3-4-13(20(21)22)15(18)14(12)17/h1-4,7H,5-6,8,18H2. The van der Waals surface area contributed by atoms with Gasteiger partial charge < -0.3 is 10.6 Å². The Bertz CT molecular complexity index is 765. The largest absolute Gasteiger partial charge is 0.391 e. The topological polar surface area (TPSA) is 72.4 Å². The highest BCUT2D eigenvalue weighted by Crippen LogP contribution is 2.34. The van der Waals surface area contributed by atoms with Crippen molar-refractivity contribution >= 4 is 17.1 Å². The van der Waals surface area contributed by atoms with E-state index in [-0.39, 0.29) is 11.5 Å². The molecule has 0 spiro atoms. The zero-order valence-corrected chi connectivity index (χ0v) is 11.6. The van der Waals surface area contributed by atoms with Crippen molar-refractivity contribution in [3.8, 4) is 0 Å². The second kappa shape index (κ2) is 5.25. The van der Waals surface area contributed by atoms with Crippen LogP contribution >= 0.6 is 0 Å². The van der Waals surface area contributed by atoms with Crippen LogP contribution in [0.4, 0.5) is 25.8 Å². The molecule has 0 saturated carbocycles. The predicted molar refractivity (Wildman–Crippen MR) is 78.6 cm³/mol. The van der Waals surface area contributed by atoms with Gasteiger partial charge >= 0.3 is 0 Å². The number of rotatable bonds is 2. The van der Waals surface area contributed by atoms with E-state index in [1.165, 1.54) is 24.3 Å². The van der Waals surface area contributed by atoms with Gasteiger partial charge in [-0.25, -0.2) is 8.78 Å². The van der Waals surface area contributed by atoms with E-state index in [4.69, 9.17) is 5.73 Å². The number of anilines is 2. The number of halogens is 2. The Balaban J connectivity index is 1.96. The second-order valence-corrected chi connectivity index (χ2v) is 5.17. The van der Waals surface area contributed by atoms with Crippen LogP contribution in [0, 0.1) is 21.7 Å². The van der Waals surface area contributed by atoms with Crippen LogP contribution in [-0.2, 0) is 13.0 Å². The van der Waals surface area contributed by atoms with Crippen LogP contribution in [0.25, 0.3) is 0 Å². The highest BCUT2D eigenvalue weighted by molar-refractivity contribution is 5.68. The fraction of sp³-hybridized carbons (Fsp3) is 0.200. The summed E-state index contributed by atoms with van der Waals surface area (Å²) in [5, 5.41) is 10.8. The van der Waals surface area contributed by atoms with E-state index in [2.05, 4.69) is 0 Å². The molecule has 3 rings (SSSR count). The van der Waals surface area contributed by atoms with Gasteiger partial charge in [0.05, 0.1) is 10.6 Å². The Morgan fingerprint density at radius 2 is 1.95 bits per heavy atom. The van der Waals surface area contributed by atoms with Gasteiger partial charge in [0.25, 0.3) is 5.69 Å². The molecule has 0 aromatic heterocycles. The third-order valence-corrected chi connectivity index (χ3v) is 3.85. The summed E-state index contributed by atoms with van der Waals surface area (Å²) < 4.78 is 27.6. The Labute approximate surface area is 125 Å². The van der Waals surface area contributed by atoms with Crippen LogP contribution in [0.1, 0.15) is 11.1 Å². The summed E-state index contributed by atoms with van der Waals surface area (Å²) in [6.07, 6.45) is 0.645. The number of benzene rings is 2. The minimum absolute atomic E-state index is 0.193. The molecule has 114 valence electrons. The van der Waals surface area contributed by atoms with Gasteiger partial charge in [-0.3, -0.25) is 10.1 Å². The summed E-state index contributed by atoms with van der Waals surface area (Å²) in [6.45, 7) is 0.869. The molecule has 5 nitrogen and oxygen atoms in total. The molecule has 1 aliphatic rings. The van der Waals surface area contributed by atoms with Crippen molar-refractivity contribution in [3.05, 3.63) is 63.2 Å². The van der Waals surface area contributed by atoms with Crippen LogP contribution in [0.3, 0.4) is 0 Å². The molecule has 0 amide bonds. The fourth-order valence-corrected chi connectivity index (χ4v) is 2.71. The molecular weight excluding hydrogens is 292 g/mol. The van der Waals surface area contributed by atoms with Crippen molar-refractivity contribution in [2.45, 2.75) is 13.0 Å². The predicted octanol–water partition coefficient (Wildman–Crippen LogP) is 3.02. The van der Waals surface area contributed by atoms with Crippen molar-refractivity contribution in [1.29, 1.82) is 0 Å². The van der Waals surface area contributed by atoms with Crippen LogP contribution in [0.15, 0.2) is 30.3 Å². The molecule has 0 aliphatic carbocycles. The summed E-state index contributed by atoms with van der Waals surface area (Å²) in [4.78, 5) is 11.8. The van der Waals surface area contributed by atoms with E-state index in [0.717, 1.165) is 11.1 Å². The number of nitrogens with two attached hydrogens (primary N) is 1. The first kappa shape index (κ1) is 14.2. The molecule has 0 fully saturated rings. The zero-order chi connectivity index (χ0) is 15.9. The van der Waals surface area contributed by atoms with Crippen LogP contribution in [0.2, 0.25) is 0 Å². The van der Waals surface area contributed by atoms with Gasteiger partial charge in [0.1, 0.15) is 11.5 Å². The van der Waals surface area contributed by atoms with Crippen molar-refractivity contribution < 1.29 is 13.7 Å². The van der Waals surface area contributed by atoms with E-state index in [9.17, 15) is 18.9 Å². The molecule has 2 N–H and O–H groups in total. The lowest BCUT2D eigenvalue weighted by atomic mass is 9.99. The monoisotopic (exact) mass is 305 g/mol. The first-order valence-electron chi connectivity index (χ1n) is 6.72. The Morgan fingerprint density at radius 1 is 1.18 bits per heavy atom. The molecule has 0 radical (unpaired) electrons. The molecule has 0 saturated heterocycles. The average Bonchev–Trinajstić information content (AvgIpc) is 2.48. The average molecular weight is 305 g/mol. The van der Waals surface area contributed by atoms with Crippen molar-refractivity contribution in [1.82, 2.24) is 0 Å². The van der Waals surface area contributed by atoms with Gasteiger partial charge in [-0.1, -0.05) is 6.07 Å². The third-order valence-electron chi connectivity index (χ3n) is 3.85. The Hall–Kier alpha value is -2.70. The van der Waals surface area contributed by atoms with Gasteiger partial charge in [-0.2, -0.15) is 0 Å². The molecule has 0 unspecified atom stereocenters. The lowest BCUT2D eigenvalue weighted by Gasteiger charge is -2.31. The molecule has 1 heterocycles. The molecule has 2 aromatic carbocycles. The van der Waals surface area contributed by atoms with E-state index >= 15 is 0 Å². The minimum atomic E-state index is -0.811. The van der Waals surface area contributed by atoms with Crippen LogP contribution < -0.4 is 10.6 Å². The lowest BCUT2D eigenvalue weighted by Crippen LogP contribution is -2.31. The summed E-state index contributed by atoms with van der Waals surface area (Å²) in [6, 6.07) is 7.08. The Morgan fingerprint density at radius 3 is 2.68 bits per heavy atom. The SMILES string of the molecule is Nc1c([N+](=O)[O-])ccc(N2CCc3ccc(F)cc3C2)c1F. The number of hydrogen-bond donors (Lipinski definition) is 1. The quantitative estimate of drug-likeness (QED) is 0.526. The number of hydrogen-bond acceptors (Lipinski definition) is 4. The first-order chi connectivity index (χ1) is 10.5. The fourth-order valence-electron chi connectivity index (χ4n) is 2.71. The third kappa shape index (κ3) is 2.34. The summed E-state index contributed by atoms with van der Waals surface area (Å²) in [5.74, 6) is -1.15. The maximum atomic E-state index is 14.3. The number of nitrogens with zero attached hydrogens (tertiary/aromatic N) is 2. The highest BCUT2D eigenvalue weighted by atomic mass is 19.1. The normalized spacial score (nSPS) is 13.8. The summed E-state index contributed by atoms with van der Waals surface area (Å²) in [7, 11) is 0. The second-order valence-electron chi connectivity index (χ2n) is 5.17. The van der Waals surface area contributed by atoms with Gasteiger partial charge in [0, 0.05) is 19.2 Å². The number of fused-ring (bicyclic) bond motifs is 1. The van der Waals surface area contributed by atoms with E-state index in [1.807, 2.05) is 0 Å². The number of nitro benzene ring substituents is 1. The van der Waals surface area contributed by atoms with Crippen molar-refractivity contribution in [2.24, 2.45) is 0 Å². The first-order valence-corrected chi connectivity index (χ1v) is 6.72. The van der Waals surface area contributed by atoms with E-state index in [1.54, 1.807) is 11.0 Å². The highest BCUT2D eigenvalue weighted by Gasteiger charge is 2.24. The molecular formula is C15H13F2N3O2. The zero-order valence-electron chi connectivity index (χ0n) is 11.6. The van der Waals surface area contributed by atoms with E-state index in [0.29, 0.717) is 19.5 Å². The molecule has 22 heavy (non-hydrogen) atoms. The van der Waals surface area contributed by atoms with Gasteiger partial charge in [-0.05, 0) is 35.7 Å². The lowest BCUT2D eigenvalue weighted by molar-refractivity contribution is -0.384. The van der Waals surface area contributed by atoms with Gasteiger partial charge in [0.15, 0.2) is 5.82 Å². The maximum absolute atomic E-state index is 14.3. The van der Waals surface area contributed by atoms with Crippen molar-refractivity contribution in [3.63, 3.8) is 0 Å². The Kier molecular flexibility index (Phi) is 3.40. The minimum Gasteiger partial charge on any atom is -0.391 e. The maximum Gasteiger partial charge on any atom is 0.295 e. The molecule has 7 heteroatoms. The summed E-state index contributed by atoms with van der Waals surface area (Å²) >= 11 is 0. The van der Waals surface area contributed by atoms with Gasteiger partial charge in [-0.15, -0.1) is 0 Å². The molecule has 1 aliphatic heterocycles.